The van der Waals surface area contributed by atoms with Crippen molar-refractivity contribution >= 4 is 16.9 Å². The second-order valence-electron chi connectivity index (χ2n) is 7.39. The Balaban J connectivity index is 2.43. The van der Waals surface area contributed by atoms with Gasteiger partial charge in [0.1, 0.15) is 16.7 Å². The highest BCUT2D eigenvalue weighted by Crippen LogP contribution is 2.41. The van der Waals surface area contributed by atoms with Crippen molar-refractivity contribution in [3.8, 4) is 6.07 Å². The van der Waals surface area contributed by atoms with E-state index in [0.29, 0.717) is 11.4 Å². The molecule has 2 heterocycles. The number of halogens is 2. The molecule has 1 N–H and O–H groups in total. The smallest absolute Gasteiger partial charge is 0.337 e. The van der Waals surface area contributed by atoms with E-state index in [2.05, 4.69) is 5.32 Å². The van der Waals surface area contributed by atoms with Gasteiger partial charge in [-0.25, -0.2) is 13.6 Å². The first-order valence-corrected chi connectivity index (χ1v) is 9.28. The average Bonchev–Trinajstić information content (AvgIpc) is 2.62. The van der Waals surface area contributed by atoms with Crippen LogP contribution in [0, 0.1) is 29.9 Å². The summed E-state index contributed by atoms with van der Waals surface area (Å²) in [5.41, 5.74) is 0.0254. The van der Waals surface area contributed by atoms with Gasteiger partial charge in [-0.3, -0.25) is 4.79 Å². The van der Waals surface area contributed by atoms with Crippen molar-refractivity contribution in [3.63, 3.8) is 0 Å². The molecule has 1 aromatic heterocycles. The summed E-state index contributed by atoms with van der Waals surface area (Å²) in [6.45, 7) is 8.07. The molecule has 1 atom stereocenters. The van der Waals surface area contributed by atoms with E-state index in [0.717, 1.165) is 12.1 Å². The lowest BCUT2D eigenvalue weighted by Crippen LogP contribution is -2.30. The van der Waals surface area contributed by atoms with Crippen LogP contribution in [0.5, 0.6) is 0 Å². The monoisotopic (exact) mass is 414 g/mol. The minimum absolute atomic E-state index is 0.00263. The number of nitrogens with zero attached hydrogens (tertiary/aromatic N) is 1. The topological polar surface area (TPSA) is 92.3 Å². The number of carbonyl (C=O) groups excluding carboxylic acids is 1. The lowest BCUT2D eigenvalue weighted by atomic mass is 9.80. The van der Waals surface area contributed by atoms with Gasteiger partial charge in [0.25, 0.3) is 0 Å². The molecule has 0 saturated heterocycles. The molecule has 3 rings (SSSR count). The number of carbonyl (C=O) groups is 1. The van der Waals surface area contributed by atoms with Crippen LogP contribution in [-0.2, 0) is 9.53 Å². The number of hydrogen-bond donors (Lipinski definition) is 1. The summed E-state index contributed by atoms with van der Waals surface area (Å²) in [6, 6.07) is 3.94. The maximum Gasteiger partial charge on any atom is 0.337 e. The molecule has 8 heteroatoms. The van der Waals surface area contributed by atoms with E-state index in [9.17, 15) is 23.6 Å². The lowest BCUT2D eigenvalue weighted by Gasteiger charge is -2.29. The number of benzene rings is 1. The molecule has 1 aliphatic rings. The van der Waals surface area contributed by atoms with Crippen molar-refractivity contribution in [2.24, 2.45) is 0 Å². The van der Waals surface area contributed by atoms with E-state index in [1.54, 1.807) is 27.7 Å². The van der Waals surface area contributed by atoms with Gasteiger partial charge >= 0.3 is 5.97 Å². The Hall–Kier alpha value is -3.47. The molecular formula is C22H20F2N2O4. The molecule has 30 heavy (non-hydrogen) atoms. The van der Waals surface area contributed by atoms with Crippen molar-refractivity contribution in [2.75, 3.05) is 0 Å². The normalized spacial score (nSPS) is 16.7. The Morgan fingerprint density at radius 2 is 1.90 bits per heavy atom. The molecular weight excluding hydrogens is 394 g/mol. The van der Waals surface area contributed by atoms with Gasteiger partial charge in [-0.2, -0.15) is 5.26 Å². The van der Waals surface area contributed by atoms with Crippen LogP contribution in [0.2, 0.25) is 0 Å². The van der Waals surface area contributed by atoms with Crippen molar-refractivity contribution in [1.29, 1.82) is 5.26 Å². The molecule has 0 aliphatic carbocycles. The fraction of sp³-hybridized carbons (Fsp3) is 0.318. The zero-order valence-corrected chi connectivity index (χ0v) is 17.1. The zero-order valence-electron chi connectivity index (χ0n) is 17.1. The number of aryl methyl sites for hydroxylation is 1. The standard InChI is InChI=1S/C22H20F2N2O4/c1-9(2)29-22(28)17-12(5)26-11(4)14(8-25)18(17)13-7-15(23)20(24)19-16(27)6-10(3)30-21(13)19/h6-7,9,18,26H,1-5H3. The van der Waals surface area contributed by atoms with Crippen molar-refractivity contribution in [1.82, 2.24) is 5.32 Å². The molecule has 0 bridgehead atoms. The fourth-order valence-corrected chi connectivity index (χ4v) is 3.62. The summed E-state index contributed by atoms with van der Waals surface area (Å²) in [6.07, 6.45) is -0.446. The molecule has 1 aromatic carbocycles. The highest BCUT2D eigenvalue weighted by atomic mass is 19.2. The quantitative estimate of drug-likeness (QED) is 0.761. The number of rotatable bonds is 3. The van der Waals surface area contributed by atoms with Gasteiger partial charge in [0.15, 0.2) is 17.1 Å². The number of dihydropyridines is 1. The molecule has 0 fully saturated rings. The largest absolute Gasteiger partial charge is 0.461 e. The highest BCUT2D eigenvalue weighted by molar-refractivity contribution is 5.95. The van der Waals surface area contributed by atoms with E-state index in [1.165, 1.54) is 6.92 Å². The fourth-order valence-electron chi connectivity index (χ4n) is 3.62. The van der Waals surface area contributed by atoms with E-state index in [4.69, 9.17) is 9.15 Å². The Morgan fingerprint density at radius 1 is 1.23 bits per heavy atom. The van der Waals surface area contributed by atoms with E-state index < -0.39 is 40.4 Å². The van der Waals surface area contributed by atoms with Gasteiger partial charge in [-0.1, -0.05) is 0 Å². The second kappa shape index (κ2) is 7.75. The molecule has 0 spiro atoms. The third kappa shape index (κ3) is 3.47. The SMILES string of the molecule is CC1=C(C#N)C(c2cc(F)c(F)c3c(=O)cc(C)oc23)C(C(=O)OC(C)C)=C(C)N1. The van der Waals surface area contributed by atoms with Crippen LogP contribution < -0.4 is 10.7 Å². The van der Waals surface area contributed by atoms with Crippen LogP contribution in [0.25, 0.3) is 11.0 Å². The maximum atomic E-state index is 14.5. The molecule has 2 aromatic rings. The van der Waals surface area contributed by atoms with Gasteiger partial charge in [-0.15, -0.1) is 0 Å². The molecule has 6 nitrogen and oxygen atoms in total. The van der Waals surface area contributed by atoms with Crippen molar-refractivity contribution in [3.05, 3.63) is 67.9 Å². The van der Waals surface area contributed by atoms with E-state index >= 15 is 0 Å². The van der Waals surface area contributed by atoms with E-state index in [1.807, 2.05) is 6.07 Å². The second-order valence-corrected chi connectivity index (χ2v) is 7.39. The molecule has 1 unspecified atom stereocenters. The van der Waals surface area contributed by atoms with Crippen molar-refractivity contribution < 1.29 is 22.7 Å². The number of nitrogens with one attached hydrogen (secondary N) is 1. The first kappa shape index (κ1) is 21.2. The summed E-state index contributed by atoms with van der Waals surface area (Å²) in [7, 11) is 0. The van der Waals surface area contributed by atoms with Gasteiger partial charge in [0, 0.05) is 23.0 Å². The number of esters is 1. The number of nitriles is 1. The van der Waals surface area contributed by atoms with Crippen LogP contribution >= 0.6 is 0 Å². The molecule has 156 valence electrons. The lowest BCUT2D eigenvalue weighted by molar-refractivity contribution is -0.143. The first-order chi connectivity index (χ1) is 14.1. The Kier molecular flexibility index (Phi) is 5.49. The van der Waals surface area contributed by atoms with Crippen LogP contribution in [0.4, 0.5) is 8.78 Å². The average molecular weight is 414 g/mol. The molecule has 0 radical (unpaired) electrons. The first-order valence-electron chi connectivity index (χ1n) is 9.28. The van der Waals surface area contributed by atoms with Crippen LogP contribution in [0.3, 0.4) is 0 Å². The Labute approximate surface area is 171 Å². The van der Waals surface area contributed by atoms with Gasteiger partial charge in [0.2, 0.25) is 0 Å². The maximum absolute atomic E-state index is 14.5. The predicted molar refractivity (Wildman–Crippen MR) is 105 cm³/mol. The Bertz CT molecular complexity index is 1230. The third-order valence-corrected chi connectivity index (χ3v) is 4.80. The number of hydrogen-bond acceptors (Lipinski definition) is 6. The van der Waals surface area contributed by atoms with E-state index in [-0.39, 0.29) is 28.1 Å². The molecule has 0 amide bonds. The number of allylic oxidation sites excluding steroid dienone is 3. The van der Waals surface area contributed by atoms with Crippen molar-refractivity contribution in [2.45, 2.75) is 46.6 Å². The number of ether oxygens (including phenoxy) is 1. The van der Waals surface area contributed by atoms with Gasteiger partial charge < -0.3 is 14.5 Å². The molecule has 1 aliphatic heterocycles. The zero-order chi connectivity index (χ0) is 22.3. The molecule has 0 saturated carbocycles. The summed E-state index contributed by atoms with van der Waals surface area (Å²) in [5.74, 6) is -4.27. The summed E-state index contributed by atoms with van der Waals surface area (Å²) < 4.78 is 39.9. The predicted octanol–water partition coefficient (Wildman–Crippen LogP) is 4.09. The van der Waals surface area contributed by atoms with Crippen LogP contribution in [0.1, 0.15) is 44.9 Å². The minimum Gasteiger partial charge on any atom is -0.461 e. The summed E-state index contributed by atoms with van der Waals surface area (Å²) in [4.78, 5) is 25.3. The van der Waals surface area contributed by atoms with Crippen LogP contribution in [0.15, 0.2) is 43.9 Å². The van der Waals surface area contributed by atoms with Crippen LogP contribution in [-0.4, -0.2) is 12.1 Å². The Morgan fingerprint density at radius 3 is 2.50 bits per heavy atom. The highest BCUT2D eigenvalue weighted by Gasteiger charge is 2.37. The minimum atomic E-state index is -1.34. The summed E-state index contributed by atoms with van der Waals surface area (Å²) >= 11 is 0. The summed E-state index contributed by atoms with van der Waals surface area (Å²) in [5, 5.41) is 12.2. The third-order valence-electron chi connectivity index (χ3n) is 4.80. The number of fused-ring (bicyclic) bond motifs is 1. The van der Waals surface area contributed by atoms with Gasteiger partial charge in [0.05, 0.1) is 29.2 Å². The van der Waals surface area contributed by atoms with Gasteiger partial charge in [-0.05, 0) is 40.7 Å².